The van der Waals surface area contributed by atoms with Crippen LogP contribution in [0.15, 0.2) is 54.9 Å². The van der Waals surface area contributed by atoms with E-state index in [1.165, 1.54) is 32.9 Å². The fourth-order valence-electron chi connectivity index (χ4n) is 5.30. The van der Waals surface area contributed by atoms with E-state index in [-0.39, 0.29) is 11.0 Å². The van der Waals surface area contributed by atoms with Crippen molar-refractivity contribution in [2.24, 2.45) is 0 Å². The Bertz CT molecular complexity index is 1150. The predicted octanol–water partition coefficient (Wildman–Crippen LogP) is 5.34. The fourth-order valence-corrected chi connectivity index (χ4v) is 5.30. The molecular weight excluding hydrogens is 304 g/mol. The zero-order valence-corrected chi connectivity index (χ0v) is 15.5. The molecule has 3 heterocycles. The maximum atomic E-state index is 2.55. The number of benzene rings is 2. The van der Waals surface area contributed by atoms with Gasteiger partial charge in [0, 0.05) is 16.2 Å². The molecule has 0 saturated heterocycles. The van der Waals surface area contributed by atoms with Crippen molar-refractivity contribution in [1.82, 2.24) is 4.40 Å². The van der Waals surface area contributed by atoms with E-state index in [0.717, 1.165) is 12.8 Å². The maximum Gasteiger partial charge on any atom is 0.295 e. The molecule has 2 atom stereocenters. The second-order valence-electron chi connectivity index (χ2n) is 7.92. The number of fused-ring (bicyclic) bond motifs is 3. The molecule has 0 aliphatic carbocycles. The minimum absolute atomic E-state index is 0.0697. The van der Waals surface area contributed by atoms with Gasteiger partial charge in [0.05, 0.1) is 5.39 Å². The number of aromatic nitrogens is 2. The maximum absolute atomic E-state index is 2.55. The van der Waals surface area contributed by atoms with Crippen molar-refractivity contribution in [2.45, 2.75) is 51.5 Å². The normalized spacial score (nSPS) is 25.4. The molecular formula is C23H25N2+. The Balaban J connectivity index is 2.16. The van der Waals surface area contributed by atoms with Crippen LogP contribution in [0.1, 0.15) is 46.1 Å². The first kappa shape index (κ1) is 14.9. The third-order valence-corrected chi connectivity index (χ3v) is 7.27. The summed E-state index contributed by atoms with van der Waals surface area (Å²) in [7, 11) is 0. The molecule has 126 valence electrons. The Morgan fingerprint density at radius 1 is 0.920 bits per heavy atom. The van der Waals surface area contributed by atoms with Crippen molar-refractivity contribution >= 4 is 27.3 Å². The van der Waals surface area contributed by atoms with Crippen molar-refractivity contribution in [3.8, 4) is 0 Å². The van der Waals surface area contributed by atoms with Gasteiger partial charge in [0.1, 0.15) is 23.4 Å². The van der Waals surface area contributed by atoms with Gasteiger partial charge in [0.2, 0.25) is 0 Å². The first-order valence-electron chi connectivity index (χ1n) is 9.44. The van der Waals surface area contributed by atoms with Crippen molar-refractivity contribution in [2.75, 3.05) is 0 Å². The third-order valence-electron chi connectivity index (χ3n) is 7.27. The standard InChI is InChI=1S/C23H25N2/c1-5-22(3)18-12-9-11-17-16-10-7-8-13-19(16)24-14-15-25(21(24)20(17)18)23(22,4)6-2/h7-15H,5-6H2,1-4H3/q+1. The summed E-state index contributed by atoms with van der Waals surface area (Å²) in [6, 6.07) is 15.7. The number of imidazole rings is 1. The highest BCUT2D eigenvalue weighted by Gasteiger charge is 2.53. The van der Waals surface area contributed by atoms with Crippen LogP contribution in [0.2, 0.25) is 0 Å². The Hall–Kier alpha value is -2.35. The van der Waals surface area contributed by atoms with Crippen LogP contribution in [0.4, 0.5) is 0 Å². The lowest BCUT2D eigenvalue weighted by atomic mass is 9.62. The summed E-state index contributed by atoms with van der Waals surface area (Å²) in [6.45, 7) is 9.57. The minimum atomic E-state index is 0.0697. The minimum Gasteiger partial charge on any atom is -0.224 e. The van der Waals surface area contributed by atoms with Crippen molar-refractivity contribution < 1.29 is 4.57 Å². The van der Waals surface area contributed by atoms with Crippen molar-refractivity contribution in [3.05, 3.63) is 60.4 Å². The van der Waals surface area contributed by atoms with Gasteiger partial charge in [-0.25, -0.2) is 4.57 Å². The molecule has 0 bridgehead atoms. The highest BCUT2D eigenvalue weighted by molar-refractivity contribution is 6.12. The number of rotatable bonds is 2. The van der Waals surface area contributed by atoms with Crippen LogP contribution in [-0.2, 0) is 11.0 Å². The Morgan fingerprint density at radius 2 is 1.68 bits per heavy atom. The van der Waals surface area contributed by atoms with E-state index >= 15 is 0 Å². The van der Waals surface area contributed by atoms with E-state index in [2.05, 4.69) is 91.5 Å². The van der Waals surface area contributed by atoms with Crippen molar-refractivity contribution in [3.63, 3.8) is 0 Å². The summed E-state index contributed by atoms with van der Waals surface area (Å²) < 4.78 is 4.95. The van der Waals surface area contributed by atoms with Crippen LogP contribution in [0, 0.1) is 0 Å². The predicted molar refractivity (Wildman–Crippen MR) is 104 cm³/mol. The molecule has 0 amide bonds. The Kier molecular flexibility index (Phi) is 2.77. The summed E-state index contributed by atoms with van der Waals surface area (Å²) >= 11 is 0. The summed E-state index contributed by atoms with van der Waals surface area (Å²) in [6.07, 6.45) is 6.80. The summed E-state index contributed by atoms with van der Waals surface area (Å²) in [5, 5.41) is 4.15. The smallest absolute Gasteiger partial charge is 0.224 e. The molecule has 2 aromatic carbocycles. The lowest BCUT2D eigenvalue weighted by Gasteiger charge is -2.46. The van der Waals surface area contributed by atoms with E-state index in [1.807, 2.05) is 0 Å². The van der Waals surface area contributed by atoms with Crippen LogP contribution < -0.4 is 4.57 Å². The van der Waals surface area contributed by atoms with E-state index in [9.17, 15) is 0 Å². The molecule has 0 N–H and O–H groups in total. The van der Waals surface area contributed by atoms with Gasteiger partial charge < -0.3 is 0 Å². The molecule has 1 aliphatic heterocycles. The third kappa shape index (κ3) is 1.50. The summed E-state index contributed by atoms with van der Waals surface area (Å²) in [5.41, 5.74) is 4.33. The zero-order valence-electron chi connectivity index (χ0n) is 15.5. The Labute approximate surface area is 148 Å². The highest BCUT2D eigenvalue weighted by Crippen LogP contribution is 2.49. The highest BCUT2D eigenvalue weighted by atomic mass is 15.2. The second kappa shape index (κ2) is 4.63. The number of hydrogen-bond acceptors (Lipinski definition) is 0. The summed E-state index contributed by atoms with van der Waals surface area (Å²) in [4.78, 5) is 0. The lowest BCUT2D eigenvalue weighted by Crippen LogP contribution is -2.65. The van der Waals surface area contributed by atoms with Gasteiger partial charge >= 0.3 is 0 Å². The van der Waals surface area contributed by atoms with Crippen LogP contribution in [0.3, 0.4) is 0 Å². The van der Waals surface area contributed by atoms with Gasteiger partial charge in [0.15, 0.2) is 0 Å². The molecule has 2 heteroatoms. The summed E-state index contributed by atoms with van der Waals surface area (Å²) in [5.74, 6) is 0. The first-order chi connectivity index (χ1) is 12.1. The molecule has 4 aromatic rings. The van der Waals surface area contributed by atoms with Crippen LogP contribution in [0.5, 0.6) is 0 Å². The Morgan fingerprint density at radius 3 is 2.44 bits per heavy atom. The van der Waals surface area contributed by atoms with Gasteiger partial charge in [0.25, 0.3) is 5.65 Å². The van der Waals surface area contributed by atoms with Gasteiger partial charge in [-0.3, -0.25) is 0 Å². The van der Waals surface area contributed by atoms with Crippen LogP contribution >= 0.6 is 0 Å². The molecule has 1 aliphatic rings. The fraction of sp³-hybridized carbons (Fsp3) is 0.348. The topological polar surface area (TPSA) is 8.29 Å². The van der Waals surface area contributed by atoms with Crippen molar-refractivity contribution in [1.29, 1.82) is 0 Å². The molecule has 2 aromatic heterocycles. The molecule has 5 rings (SSSR count). The van der Waals surface area contributed by atoms with E-state index in [4.69, 9.17) is 0 Å². The van der Waals surface area contributed by atoms with E-state index < -0.39 is 0 Å². The molecule has 2 nitrogen and oxygen atoms in total. The number of pyridine rings is 1. The van der Waals surface area contributed by atoms with Gasteiger partial charge in [-0.05, 0) is 31.4 Å². The molecule has 2 unspecified atom stereocenters. The molecule has 0 spiro atoms. The first-order valence-corrected chi connectivity index (χ1v) is 9.44. The number of hydrogen-bond donors (Lipinski definition) is 0. The van der Waals surface area contributed by atoms with Crippen LogP contribution in [0.25, 0.3) is 27.3 Å². The van der Waals surface area contributed by atoms with E-state index in [0.29, 0.717) is 0 Å². The molecule has 25 heavy (non-hydrogen) atoms. The van der Waals surface area contributed by atoms with Crippen LogP contribution in [-0.4, -0.2) is 4.40 Å². The second-order valence-corrected chi connectivity index (χ2v) is 7.92. The SMILES string of the molecule is CCC1(C)c2cccc3c4ccccc4n4cc[n+](c4c23)C1(C)CC. The lowest BCUT2D eigenvalue weighted by molar-refractivity contribution is -0.750. The average molecular weight is 329 g/mol. The van der Waals surface area contributed by atoms with E-state index in [1.54, 1.807) is 0 Å². The molecule has 0 saturated carbocycles. The molecule has 0 radical (unpaired) electrons. The average Bonchev–Trinajstić information content (AvgIpc) is 3.12. The van der Waals surface area contributed by atoms with Gasteiger partial charge in [-0.15, -0.1) is 0 Å². The number of para-hydroxylation sites is 1. The zero-order chi connectivity index (χ0) is 17.4. The van der Waals surface area contributed by atoms with Gasteiger partial charge in [-0.1, -0.05) is 57.2 Å². The molecule has 0 fully saturated rings. The van der Waals surface area contributed by atoms with Gasteiger partial charge in [-0.2, -0.15) is 4.40 Å². The number of nitrogens with zero attached hydrogens (tertiary/aromatic N) is 2. The largest absolute Gasteiger partial charge is 0.295 e. The quantitative estimate of drug-likeness (QED) is 0.346. The monoisotopic (exact) mass is 329 g/mol.